The zero-order chi connectivity index (χ0) is 10.8. The maximum atomic E-state index is 5.50. The maximum absolute atomic E-state index is 5.50. The second kappa shape index (κ2) is 3.94. The summed E-state index contributed by atoms with van der Waals surface area (Å²) in [6.45, 7) is 2.00. The van der Waals surface area contributed by atoms with Gasteiger partial charge in [-0.1, -0.05) is 15.9 Å². The molecule has 2 N–H and O–H groups in total. The van der Waals surface area contributed by atoms with E-state index >= 15 is 0 Å². The lowest BCUT2D eigenvalue weighted by atomic mass is 10.1. The average Bonchev–Trinajstić information content (AvgIpc) is 2.17. The van der Waals surface area contributed by atoms with Gasteiger partial charge in [0, 0.05) is 10.0 Å². The molecule has 0 radical (unpaired) electrons. The van der Waals surface area contributed by atoms with Crippen LogP contribution in [0.5, 0.6) is 0 Å². The van der Waals surface area contributed by atoms with E-state index in [9.17, 15) is 0 Å². The fourth-order valence-corrected chi connectivity index (χ4v) is 1.79. The fourth-order valence-electron chi connectivity index (χ4n) is 1.32. The van der Waals surface area contributed by atoms with Gasteiger partial charge < -0.3 is 5.73 Å². The molecule has 0 amide bonds. The van der Waals surface area contributed by atoms with Crippen LogP contribution in [0.25, 0.3) is 11.4 Å². The van der Waals surface area contributed by atoms with E-state index in [1.54, 1.807) is 0 Å². The summed E-state index contributed by atoms with van der Waals surface area (Å²) in [6, 6.07) is 5.91. The summed E-state index contributed by atoms with van der Waals surface area (Å²) in [6.07, 6.45) is 1.42. The molecule has 0 saturated carbocycles. The molecule has 0 spiro atoms. The summed E-state index contributed by atoms with van der Waals surface area (Å²) in [4.78, 5) is 11.9. The van der Waals surface area contributed by atoms with Crippen LogP contribution in [0.2, 0.25) is 0 Å². The maximum Gasteiger partial charge on any atom is 0.223 e. The highest BCUT2D eigenvalue weighted by Gasteiger charge is 2.05. The first-order valence-corrected chi connectivity index (χ1v) is 5.17. The molecule has 0 bridgehead atoms. The number of hydrogen-bond donors (Lipinski definition) is 1. The zero-order valence-electron chi connectivity index (χ0n) is 8.11. The molecule has 2 aromatic rings. The largest absolute Gasteiger partial charge is 0.368 e. The van der Waals surface area contributed by atoms with Gasteiger partial charge >= 0.3 is 0 Å². The number of nitrogens with two attached hydrogens (primary N) is 1. The molecule has 0 fully saturated rings. The Labute approximate surface area is 95.7 Å². The number of aromatic nitrogens is 3. The van der Waals surface area contributed by atoms with Gasteiger partial charge in [-0.05, 0) is 30.7 Å². The third-order valence-corrected chi connectivity index (χ3v) is 2.51. The van der Waals surface area contributed by atoms with Crippen LogP contribution >= 0.6 is 15.9 Å². The van der Waals surface area contributed by atoms with E-state index in [0.29, 0.717) is 5.82 Å². The molecule has 1 heterocycles. The van der Waals surface area contributed by atoms with Crippen LogP contribution in [0.15, 0.2) is 29.0 Å². The van der Waals surface area contributed by atoms with E-state index in [-0.39, 0.29) is 5.95 Å². The van der Waals surface area contributed by atoms with E-state index < -0.39 is 0 Å². The molecule has 76 valence electrons. The van der Waals surface area contributed by atoms with E-state index in [0.717, 1.165) is 15.6 Å². The minimum absolute atomic E-state index is 0.238. The van der Waals surface area contributed by atoms with E-state index in [2.05, 4.69) is 30.9 Å². The van der Waals surface area contributed by atoms with E-state index in [4.69, 9.17) is 5.73 Å². The predicted molar refractivity (Wildman–Crippen MR) is 62.1 cm³/mol. The molecule has 2 rings (SSSR count). The van der Waals surface area contributed by atoms with Crippen LogP contribution in [-0.4, -0.2) is 15.0 Å². The summed E-state index contributed by atoms with van der Waals surface area (Å²) in [5, 5.41) is 0. The first-order chi connectivity index (χ1) is 7.16. The van der Waals surface area contributed by atoms with Gasteiger partial charge in [-0.3, -0.25) is 0 Å². The fraction of sp³-hybridized carbons (Fsp3) is 0.100. The van der Waals surface area contributed by atoms with Crippen molar-refractivity contribution in [1.82, 2.24) is 15.0 Å². The lowest BCUT2D eigenvalue weighted by molar-refractivity contribution is 1.07. The van der Waals surface area contributed by atoms with Crippen molar-refractivity contribution < 1.29 is 0 Å². The summed E-state index contributed by atoms with van der Waals surface area (Å²) in [7, 11) is 0. The normalized spacial score (nSPS) is 10.3. The van der Waals surface area contributed by atoms with Crippen molar-refractivity contribution in [1.29, 1.82) is 0 Å². The molecule has 1 aromatic heterocycles. The molecule has 5 heteroatoms. The molecular weight excluding hydrogens is 256 g/mol. The Bertz CT molecular complexity index is 499. The number of halogens is 1. The number of anilines is 1. The monoisotopic (exact) mass is 264 g/mol. The Hall–Kier alpha value is -1.49. The molecular formula is C10H9BrN4. The average molecular weight is 265 g/mol. The quantitative estimate of drug-likeness (QED) is 0.858. The van der Waals surface area contributed by atoms with Gasteiger partial charge in [0.15, 0.2) is 5.82 Å². The molecule has 0 aliphatic carbocycles. The number of aryl methyl sites for hydroxylation is 1. The number of benzene rings is 1. The standard InChI is InChI=1S/C10H9BrN4/c1-6-4-7(11)2-3-8(6)9-13-5-14-10(12)15-9/h2-5H,1H3,(H2,12,13,14,15). The molecule has 0 saturated heterocycles. The molecule has 1 aromatic carbocycles. The molecule has 0 unspecified atom stereocenters. The second-order valence-corrected chi connectivity index (χ2v) is 4.04. The van der Waals surface area contributed by atoms with Crippen molar-refractivity contribution >= 4 is 21.9 Å². The van der Waals surface area contributed by atoms with Gasteiger partial charge in [-0.25, -0.2) is 9.97 Å². The number of nitrogens with zero attached hydrogens (tertiary/aromatic N) is 3. The van der Waals surface area contributed by atoms with Crippen LogP contribution < -0.4 is 5.73 Å². The van der Waals surface area contributed by atoms with E-state index in [1.165, 1.54) is 6.33 Å². The number of hydrogen-bond acceptors (Lipinski definition) is 4. The van der Waals surface area contributed by atoms with Gasteiger partial charge in [-0.15, -0.1) is 0 Å². The van der Waals surface area contributed by atoms with Crippen LogP contribution in [0.3, 0.4) is 0 Å². The Balaban J connectivity index is 2.54. The summed E-state index contributed by atoms with van der Waals surface area (Å²) in [5.41, 5.74) is 7.56. The Morgan fingerprint density at radius 3 is 2.73 bits per heavy atom. The number of nitrogen functional groups attached to an aromatic ring is 1. The van der Waals surface area contributed by atoms with Crippen molar-refractivity contribution in [3.8, 4) is 11.4 Å². The van der Waals surface area contributed by atoms with Crippen molar-refractivity contribution in [2.75, 3.05) is 5.73 Å². The Morgan fingerprint density at radius 2 is 2.07 bits per heavy atom. The lowest BCUT2D eigenvalue weighted by Crippen LogP contribution is -1.98. The second-order valence-electron chi connectivity index (χ2n) is 3.13. The minimum Gasteiger partial charge on any atom is -0.368 e. The minimum atomic E-state index is 0.238. The zero-order valence-corrected chi connectivity index (χ0v) is 9.69. The van der Waals surface area contributed by atoms with Crippen molar-refractivity contribution in [2.45, 2.75) is 6.92 Å². The van der Waals surface area contributed by atoms with Gasteiger partial charge in [-0.2, -0.15) is 4.98 Å². The third kappa shape index (κ3) is 2.12. The number of rotatable bonds is 1. The highest BCUT2D eigenvalue weighted by molar-refractivity contribution is 9.10. The van der Waals surface area contributed by atoms with Crippen molar-refractivity contribution in [2.24, 2.45) is 0 Å². The van der Waals surface area contributed by atoms with Crippen LogP contribution in [0.1, 0.15) is 5.56 Å². The highest BCUT2D eigenvalue weighted by Crippen LogP contribution is 2.23. The molecule has 0 aliphatic rings. The third-order valence-electron chi connectivity index (χ3n) is 2.02. The molecule has 4 nitrogen and oxygen atoms in total. The van der Waals surface area contributed by atoms with Gasteiger partial charge in [0.1, 0.15) is 6.33 Å². The first-order valence-electron chi connectivity index (χ1n) is 4.38. The Kier molecular flexibility index (Phi) is 2.64. The smallest absolute Gasteiger partial charge is 0.223 e. The van der Waals surface area contributed by atoms with Crippen molar-refractivity contribution in [3.05, 3.63) is 34.6 Å². The SMILES string of the molecule is Cc1cc(Br)ccc1-c1ncnc(N)n1. The lowest BCUT2D eigenvalue weighted by Gasteiger charge is -2.04. The van der Waals surface area contributed by atoms with Crippen LogP contribution in [0.4, 0.5) is 5.95 Å². The summed E-state index contributed by atoms with van der Waals surface area (Å²) in [5.74, 6) is 0.842. The highest BCUT2D eigenvalue weighted by atomic mass is 79.9. The molecule has 0 atom stereocenters. The van der Waals surface area contributed by atoms with E-state index in [1.807, 2.05) is 25.1 Å². The summed E-state index contributed by atoms with van der Waals surface area (Å²) < 4.78 is 1.03. The predicted octanol–water partition coefficient (Wildman–Crippen LogP) is 2.19. The topological polar surface area (TPSA) is 64.7 Å². The van der Waals surface area contributed by atoms with Gasteiger partial charge in [0.2, 0.25) is 5.95 Å². The van der Waals surface area contributed by atoms with Gasteiger partial charge in [0.05, 0.1) is 0 Å². The van der Waals surface area contributed by atoms with Crippen LogP contribution in [0, 0.1) is 6.92 Å². The van der Waals surface area contributed by atoms with Crippen LogP contribution in [-0.2, 0) is 0 Å². The van der Waals surface area contributed by atoms with Crippen molar-refractivity contribution in [3.63, 3.8) is 0 Å². The first kappa shape index (κ1) is 10.0. The summed E-state index contributed by atoms with van der Waals surface area (Å²) >= 11 is 3.41. The molecule has 15 heavy (non-hydrogen) atoms. The molecule has 0 aliphatic heterocycles. The van der Waals surface area contributed by atoms with Gasteiger partial charge in [0.25, 0.3) is 0 Å². The Morgan fingerprint density at radius 1 is 1.27 bits per heavy atom.